The van der Waals surface area contributed by atoms with Gasteiger partial charge in [0.25, 0.3) is 0 Å². The Kier molecular flexibility index (Phi) is 12.1. The third-order valence-corrected chi connectivity index (χ3v) is 12.2. The fourth-order valence-electron chi connectivity index (χ4n) is 4.92. The number of ether oxygens (including phenoxy) is 1. The fraction of sp³-hybridized carbons (Fsp3) is 0.636. The first-order valence-corrected chi connectivity index (χ1v) is 19.3. The molecule has 24 heteroatoms. The van der Waals surface area contributed by atoms with Crippen LogP contribution in [0.4, 0.5) is 10.6 Å². The molecule has 3 fully saturated rings. The highest BCUT2D eigenvalue weighted by molar-refractivity contribution is 8.00. The molecule has 256 valence electrons. The van der Waals surface area contributed by atoms with Crippen molar-refractivity contribution in [2.45, 2.75) is 68.2 Å². The molecule has 1 aromatic heterocycles. The van der Waals surface area contributed by atoms with Gasteiger partial charge in [-0.2, -0.15) is 25.4 Å². The number of urea groups is 1. The van der Waals surface area contributed by atoms with Crippen molar-refractivity contribution < 1.29 is 60.7 Å². The van der Waals surface area contributed by atoms with Gasteiger partial charge in [-0.05, 0) is 25.7 Å². The summed E-state index contributed by atoms with van der Waals surface area (Å²) in [4.78, 5) is 75.9. The van der Waals surface area contributed by atoms with Crippen molar-refractivity contribution in [2.75, 3.05) is 24.6 Å². The van der Waals surface area contributed by atoms with Gasteiger partial charge in [-0.15, -0.1) is 0 Å². The van der Waals surface area contributed by atoms with E-state index in [0.717, 1.165) is 23.2 Å². The number of aromatic nitrogens is 2. The smallest absolute Gasteiger partial charge is 0.382 e. The second-order valence-corrected chi connectivity index (χ2v) is 16.0. The van der Waals surface area contributed by atoms with Gasteiger partial charge in [-0.1, -0.05) is 18.3 Å². The second kappa shape index (κ2) is 15.3. The topological polar surface area (TPSA) is 300 Å². The summed E-state index contributed by atoms with van der Waals surface area (Å²) >= 11 is 1.82. The summed E-state index contributed by atoms with van der Waals surface area (Å²) in [7, 11) is -16.5. The molecule has 3 saturated heterocycles. The van der Waals surface area contributed by atoms with Crippen LogP contribution in [-0.4, -0.2) is 83.4 Å². The molecule has 7 atom stereocenters. The lowest BCUT2D eigenvalue weighted by atomic mass is 10.0. The summed E-state index contributed by atoms with van der Waals surface area (Å²) in [5.41, 5.74) is 5.24. The minimum Gasteiger partial charge on any atom is -0.382 e. The van der Waals surface area contributed by atoms with E-state index in [4.69, 9.17) is 20.3 Å². The molecule has 4 heterocycles. The zero-order valence-electron chi connectivity index (χ0n) is 23.9. The van der Waals surface area contributed by atoms with E-state index in [-0.39, 0.29) is 54.8 Å². The molecule has 3 amide bonds. The number of fused-ring (bicyclic) bond motifs is 1. The van der Waals surface area contributed by atoms with Crippen LogP contribution in [0.25, 0.3) is 0 Å². The number of nitrogen functional groups attached to an aromatic ring is 1. The van der Waals surface area contributed by atoms with Crippen molar-refractivity contribution in [3.8, 4) is 11.8 Å². The standard InChI is InChI=1S/C22H33N6O14P3S/c23-20-13(4-3-9-24-17(29)6-2-1-5-16-19-15(12-46-16)25-21(30)26-19)10-28(22(31)27-20)18-8-7-14(40-18)11-39-44(35,36)42-45(37,38)41-43(32,33)34/h10,14-16,18-19H,1-2,5-9,11-12H2,(H,24,29)(H,35,36)(H,37,38)(H2,23,27,31)(H2,25,26,30)(H2,32,33,34)/t14-,15-,16-,18+,19-/m0/s1. The average Bonchev–Trinajstić information content (AvgIpc) is 3.63. The third-order valence-electron chi connectivity index (χ3n) is 6.89. The molecule has 2 unspecified atom stereocenters. The number of nitrogens with two attached hydrogens (primary N) is 1. The number of phosphoric acid groups is 3. The molecule has 46 heavy (non-hydrogen) atoms. The molecule has 9 N–H and O–H groups in total. The summed E-state index contributed by atoms with van der Waals surface area (Å²) in [6.45, 7) is -0.653. The number of nitrogens with one attached hydrogen (secondary N) is 3. The van der Waals surface area contributed by atoms with E-state index in [9.17, 15) is 37.9 Å². The molecule has 0 saturated carbocycles. The van der Waals surface area contributed by atoms with Crippen molar-refractivity contribution in [1.82, 2.24) is 25.5 Å². The highest BCUT2D eigenvalue weighted by Gasteiger charge is 2.43. The molecule has 0 aliphatic carbocycles. The maximum atomic E-state index is 12.5. The normalized spacial score (nSPS) is 26.6. The molecule has 0 spiro atoms. The first-order valence-electron chi connectivity index (χ1n) is 13.8. The Morgan fingerprint density at radius 1 is 1.15 bits per heavy atom. The van der Waals surface area contributed by atoms with Crippen LogP contribution in [0.3, 0.4) is 0 Å². The van der Waals surface area contributed by atoms with E-state index in [1.807, 2.05) is 11.8 Å². The number of anilines is 1. The third kappa shape index (κ3) is 10.9. The van der Waals surface area contributed by atoms with Gasteiger partial charge in [-0.3, -0.25) is 13.9 Å². The van der Waals surface area contributed by atoms with E-state index in [0.29, 0.717) is 18.1 Å². The van der Waals surface area contributed by atoms with E-state index < -0.39 is 48.1 Å². The lowest BCUT2D eigenvalue weighted by Crippen LogP contribution is -2.36. The van der Waals surface area contributed by atoms with E-state index in [1.165, 1.54) is 6.20 Å². The maximum Gasteiger partial charge on any atom is 0.490 e. The first-order chi connectivity index (χ1) is 21.5. The summed E-state index contributed by atoms with van der Waals surface area (Å²) < 4.78 is 52.8. The Morgan fingerprint density at radius 3 is 2.65 bits per heavy atom. The predicted molar refractivity (Wildman–Crippen MR) is 160 cm³/mol. The molecular formula is C22H33N6O14P3S. The Bertz CT molecular complexity index is 1580. The van der Waals surface area contributed by atoms with Gasteiger partial charge in [0.05, 0.1) is 36.9 Å². The van der Waals surface area contributed by atoms with Gasteiger partial charge < -0.3 is 46.0 Å². The molecule has 4 rings (SSSR count). The minimum atomic E-state index is -5.66. The van der Waals surface area contributed by atoms with Crippen LogP contribution in [0.1, 0.15) is 50.3 Å². The van der Waals surface area contributed by atoms with E-state index in [2.05, 4.69) is 45.9 Å². The van der Waals surface area contributed by atoms with Crippen molar-refractivity contribution in [1.29, 1.82) is 0 Å². The number of thioether (sulfide) groups is 1. The van der Waals surface area contributed by atoms with Crippen LogP contribution in [0.2, 0.25) is 0 Å². The van der Waals surface area contributed by atoms with Crippen LogP contribution in [-0.2, 0) is 36.4 Å². The highest BCUT2D eigenvalue weighted by atomic mass is 32.2. The van der Waals surface area contributed by atoms with E-state index >= 15 is 0 Å². The monoisotopic (exact) mass is 730 g/mol. The van der Waals surface area contributed by atoms with Crippen LogP contribution >= 0.6 is 35.2 Å². The molecule has 20 nitrogen and oxygen atoms in total. The van der Waals surface area contributed by atoms with Gasteiger partial charge in [0.1, 0.15) is 12.0 Å². The number of amides is 3. The Balaban J connectivity index is 1.21. The second-order valence-electron chi connectivity index (χ2n) is 10.4. The summed E-state index contributed by atoms with van der Waals surface area (Å²) in [6, 6.07) is 0.148. The largest absolute Gasteiger partial charge is 0.490 e. The van der Waals surface area contributed by atoms with Gasteiger partial charge in [-0.25, -0.2) is 23.3 Å². The molecule has 1 aromatic rings. The van der Waals surface area contributed by atoms with E-state index in [1.54, 1.807) is 0 Å². The van der Waals surface area contributed by atoms with Crippen molar-refractivity contribution in [3.63, 3.8) is 0 Å². The number of rotatable bonds is 14. The van der Waals surface area contributed by atoms with Gasteiger partial charge in [0.2, 0.25) is 5.91 Å². The summed E-state index contributed by atoms with van der Waals surface area (Å²) in [5, 5.41) is 8.86. The molecular weight excluding hydrogens is 697 g/mol. The number of hydrogen-bond acceptors (Lipinski definition) is 13. The van der Waals surface area contributed by atoms with Crippen LogP contribution in [0.15, 0.2) is 11.0 Å². The van der Waals surface area contributed by atoms with Crippen LogP contribution in [0.5, 0.6) is 0 Å². The number of carbonyl (C=O) groups is 2. The molecule has 3 aliphatic rings. The molecule has 3 aliphatic heterocycles. The first kappa shape index (κ1) is 36.5. The van der Waals surface area contributed by atoms with Crippen molar-refractivity contribution >= 4 is 53.0 Å². The van der Waals surface area contributed by atoms with Crippen molar-refractivity contribution in [2.24, 2.45) is 0 Å². The number of carbonyl (C=O) groups excluding carboxylic acids is 2. The number of nitrogens with zero attached hydrogens (tertiary/aromatic N) is 2. The maximum absolute atomic E-state index is 12.5. The van der Waals surface area contributed by atoms with Crippen molar-refractivity contribution in [3.05, 3.63) is 22.2 Å². The van der Waals surface area contributed by atoms with Gasteiger partial charge in [0.15, 0.2) is 0 Å². The summed E-state index contributed by atoms with van der Waals surface area (Å²) in [5.74, 6) is 6.04. The van der Waals surface area contributed by atoms with Gasteiger partial charge in [0, 0.05) is 23.6 Å². The minimum absolute atomic E-state index is 0.0138. The number of unbranched alkanes of at least 4 members (excludes halogenated alkanes) is 1. The summed E-state index contributed by atoms with van der Waals surface area (Å²) in [6.07, 6.45) is 2.62. The van der Waals surface area contributed by atoms with Crippen LogP contribution < -0.4 is 27.4 Å². The quantitative estimate of drug-likeness (QED) is 0.0542. The lowest BCUT2D eigenvalue weighted by Gasteiger charge is -2.19. The Hall–Kier alpha value is -2.30. The highest BCUT2D eigenvalue weighted by Crippen LogP contribution is 2.66. The Labute approximate surface area is 266 Å². The van der Waals surface area contributed by atoms with Gasteiger partial charge >= 0.3 is 35.2 Å². The Morgan fingerprint density at radius 2 is 1.91 bits per heavy atom. The zero-order valence-corrected chi connectivity index (χ0v) is 27.4. The number of phosphoric ester groups is 1. The predicted octanol–water partition coefficient (Wildman–Crippen LogP) is 0.0399. The average molecular weight is 731 g/mol. The number of hydrogen-bond donors (Lipinski definition) is 8. The zero-order chi connectivity index (χ0) is 33.7. The fourth-order valence-corrected chi connectivity index (χ4v) is 9.52. The lowest BCUT2D eigenvalue weighted by molar-refractivity contribution is -0.120. The molecule has 0 bridgehead atoms. The molecule has 0 radical (unpaired) electrons. The molecule has 0 aromatic carbocycles. The van der Waals surface area contributed by atoms with Crippen LogP contribution in [0, 0.1) is 11.8 Å². The SMILES string of the molecule is Nc1nc(=O)n([C@H]2CC[C@@H](COP(=O)(O)OP(=O)(O)OP(=O)(O)O)O2)cc1C#CCNC(=O)CCCC[C@@H]1SC[C@@H]2NC(=O)N[C@@H]21.